The molecule has 0 saturated carbocycles. The van der Waals surface area contributed by atoms with E-state index in [0.29, 0.717) is 25.0 Å². The Balaban J connectivity index is 1.82. The number of carbonyl (C=O) groups excluding carboxylic acids is 2. The van der Waals surface area contributed by atoms with Crippen molar-refractivity contribution < 1.29 is 9.59 Å². The van der Waals surface area contributed by atoms with Crippen molar-refractivity contribution in [2.45, 2.75) is 51.6 Å². The largest absolute Gasteiger partial charge is 0.350 e. The summed E-state index contributed by atoms with van der Waals surface area (Å²) in [7, 11) is 0. The molecule has 1 atom stereocenters. The van der Waals surface area contributed by atoms with Crippen molar-refractivity contribution in [3.8, 4) is 0 Å². The van der Waals surface area contributed by atoms with Crippen molar-refractivity contribution in [1.82, 2.24) is 10.7 Å². The van der Waals surface area contributed by atoms with Crippen molar-refractivity contribution in [3.63, 3.8) is 0 Å². The van der Waals surface area contributed by atoms with Crippen LogP contribution >= 0.6 is 0 Å². The summed E-state index contributed by atoms with van der Waals surface area (Å²) in [5, 5.41) is 6.93. The number of nitrogens with one attached hydrogen (secondary N) is 2. The summed E-state index contributed by atoms with van der Waals surface area (Å²) in [5.74, 6) is -0.121. The number of rotatable bonds is 5. The van der Waals surface area contributed by atoms with E-state index in [9.17, 15) is 9.59 Å². The second kappa shape index (κ2) is 6.73. The van der Waals surface area contributed by atoms with E-state index >= 15 is 0 Å². The van der Waals surface area contributed by atoms with Crippen LogP contribution in [0.25, 0.3) is 0 Å². The third-order valence-electron chi connectivity index (χ3n) is 3.37. The van der Waals surface area contributed by atoms with Gasteiger partial charge in [-0.2, -0.15) is 5.10 Å². The zero-order chi connectivity index (χ0) is 16.2. The molecule has 1 aliphatic rings. The lowest BCUT2D eigenvalue weighted by atomic mass is 10.0. The molecule has 0 bridgehead atoms. The number of nitrogens with zero attached hydrogens (tertiary/aromatic N) is 1. The molecule has 5 nitrogen and oxygen atoms in total. The Morgan fingerprint density at radius 1 is 1.27 bits per heavy atom. The summed E-state index contributed by atoms with van der Waals surface area (Å²) in [4.78, 5) is 24.2. The van der Waals surface area contributed by atoms with E-state index in [2.05, 4.69) is 15.8 Å². The van der Waals surface area contributed by atoms with Crippen molar-refractivity contribution in [1.29, 1.82) is 0 Å². The fraction of sp³-hybridized carbons (Fsp3) is 0.471. The van der Waals surface area contributed by atoms with E-state index in [1.165, 1.54) is 0 Å². The van der Waals surface area contributed by atoms with Gasteiger partial charge >= 0.3 is 0 Å². The van der Waals surface area contributed by atoms with Gasteiger partial charge in [0.1, 0.15) is 11.8 Å². The molecule has 1 amide bonds. The number of carbonyl (C=O) groups is 2. The number of aryl methyl sites for hydroxylation is 1. The van der Waals surface area contributed by atoms with Gasteiger partial charge in [-0.3, -0.25) is 15.0 Å². The summed E-state index contributed by atoms with van der Waals surface area (Å²) < 4.78 is 0. The molecule has 0 aromatic heterocycles. The van der Waals surface area contributed by atoms with Crippen molar-refractivity contribution >= 4 is 17.4 Å². The first-order valence-corrected chi connectivity index (χ1v) is 7.56. The van der Waals surface area contributed by atoms with Crippen LogP contribution in [-0.2, 0) is 16.0 Å². The van der Waals surface area contributed by atoms with Gasteiger partial charge in [0, 0.05) is 18.4 Å². The number of benzene rings is 1. The highest BCUT2D eigenvalue weighted by atomic mass is 16.2. The average Bonchev–Trinajstić information content (AvgIpc) is 2.94. The van der Waals surface area contributed by atoms with Gasteiger partial charge in [0.25, 0.3) is 0 Å². The average molecular weight is 301 g/mol. The number of ketones is 1. The maximum atomic E-state index is 12.2. The minimum Gasteiger partial charge on any atom is -0.350 e. The van der Waals surface area contributed by atoms with Gasteiger partial charge in [0.2, 0.25) is 5.91 Å². The van der Waals surface area contributed by atoms with Crippen LogP contribution in [-0.4, -0.2) is 29.0 Å². The number of Topliss-reactive ketones (excluding diaryl/α,β-unsaturated/α-hetero) is 1. The maximum Gasteiger partial charge on any atom is 0.244 e. The second-order valence-electron chi connectivity index (χ2n) is 6.59. The molecule has 0 aliphatic carbocycles. The Morgan fingerprint density at radius 2 is 1.95 bits per heavy atom. The maximum absolute atomic E-state index is 12.2. The zero-order valence-electron chi connectivity index (χ0n) is 13.3. The van der Waals surface area contributed by atoms with Crippen LogP contribution in [0, 0.1) is 0 Å². The summed E-state index contributed by atoms with van der Waals surface area (Å²) in [6, 6.07) is 9.43. The fourth-order valence-corrected chi connectivity index (χ4v) is 2.27. The smallest absolute Gasteiger partial charge is 0.244 e. The minimum absolute atomic E-state index is 0.00223. The molecule has 2 rings (SSSR count). The predicted molar refractivity (Wildman–Crippen MR) is 86.6 cm³/mol. The summed E-state index contributed by atoms with van der Waals surface area (Å²) in [6.07, 6.45) is 1.46. The first-order chi connectivity index (χ1) is 10.3. The molecule has 0 fully saturated rings. The fourth-order valence-electron chi connectivity index (χ4n) is 2.27. The number of hydrogen-bond donors (Lipinski definition) is 2. The number of amides is 1. The molecule has 1 aliphatic heterocycles. The second-order valence-corrected chi connectivity index (χ2v) is 6.59. The van der Waals surface area contributed by atoms with Gasteiger partial charge in [0.05, 0.1) is 0 Å². The number of hydrogen-bond acceptors (Lipinski definition) is 4. The summed E-state index contributed by atoms with van der Waals surface area (Å²) in [5.41, 5.74) is 4.06. The molecule has 118 valence electrons. The first-order valence-electron chi connectivity index (χ1n) is 7.56. The molecule has 0 saturated heterocycles. The molecule has 1 heterocycles. The highest BCUT2D eigenvalue weighted by Gasteiger charge is 2.30. The van der Waals surface area contributed by atoms with Gasteiger partial charge in [0.15, 0.2) is 5.78 Å². The van der Waals surface area contributed by atoms with E-state index in [1.54, 1.807) is 0 Å². The van der Waals surface area contributed by atoms with Crippen molar-refractivity contribution in [3.05, 3.63) is 35.9 Å². The molecule has 22 heavy (non-hydrogen) atoms. The number of hydrazone groups is 1. The first kappa shape index (κ1) is 16.2. The Labute approximate surface area is 131 Å². The van der Waals surface area contributed by atoms with Gasteiger partial charge in [-0.05, 0) is 32.8 Å². The van der Waals surface area contributed by atoms with Crippen LogP contribution in [0.2, 0.25) is 0 Å². The molecule has 1 aromatic carbocycles. The van der Waals surface area contributed by atoms with Gasteiger partial charge < -0.3 is 5.32 Å². The lowest BCUT2D eigenvalue weighted by Gasteiger charge is -2.22. The molecule has 0 spiro atoms. The molecular weight excluding hydrogens is 278 g/mol. The Bertz CT molecular complexity index is 573. The quantitative estimate of drug-likeness (QED) is 0.871. The van der Waals surface area contributed by atoms with E-state index < -0.39 is 6.04 Å². The molecule has 0 radical (unpaired) electrons. The van der Waals surface area contributed by atoms with E-state index in [-0.39, 0.29) is 17.2 Å². The van der Waals surface area contributed by atoms with Crippen molar-refractivity contribution in [2.24, 2.45) is 5.10 Å². The van der Waals surface area contributed by atoms with Gasteiger partial charge in [-0.1, -0.05) is 30.3 Å². The Hall–Kier alpha value is -2.17. The molecule has 5 heteroatoms. The Kier molecular flexibility index (Phi) is 4.96. The van der Waals surface area contributed by atoms with Crippen LogP contribution in [0.4, 0.5) is 0 Å². The van der Waals surface area contributed by atoms with Gasteiger partial charge in [-0.25, -0.2) is 0 Å². The van der Waals surface area contributed by atoms with E-state index in [0.717, 1.165) is 5.56 Å². The van der Waals surface area contributed by atoms with Crippen LogP contribution in [0.1, 0.15) is 39.2 Å². The molecule has 2 N–H and O–H groups in total. The van der Waals surface area contributed by atoms with Crippen LogP contribution in [0.15, 0.2) is 35.4 Å². The van der Waals surface area contributed by atoms with Crippen LogP contribution < -0.4 is 10.7 Å². The lowest BCUT2D eigenvalue weighted by Crippen LogP contribution is -2.48. The molecular formula is C17H23N3O2. The standard InChI is InChI=1S/C17H23N3O2/c1-17(2,3)18-16(22)14-11-13(19-20-14)15(21)10-9-12-7-5-4-6-8-12/h4-8,14,20H,9-11H2,1-3H3,(H,18,22). The SMILES string of the molecule is CC(C)(C)NC(=O)C1CC(C(=O)CCc2ccccc2)=NN1. The summed E-state index contributed by atoms with van der Waals surface area (Å²) in [6.45, 7) is 5.77. The summed E-state index contributed by atoms with van der Waals surface area (Å²) >= 11 is 0. The Morgan fingerprint density at radius 3 is 2.59 bits per heavy atom. The van der Waals surface area contributed by atoms with Crippen molar-refractivity contribution in [2.75, 3.05) is 0 Å². The van der Waals surface area contributed by atoms with E-state index in [4.69, 9.17) is 0 Å². The lowest BCUT2D eigenvalue weighted by molar-refractivity contribution is -0.124. The van der Waals surface area contributed by atoms with Crippen LogP contribution in [0.3, 0.4) is 0 Å². The van der Waals surface area contributed by atoms with Gasteiger partial charge in [-0.15, -0.1) is 0 Å². The highest BCUT2D eigenvalue weighted by molar-refractivity contribution is 6.40. The third kappa shape index (κ3) is 4.69. The molecule has 1 aromatic rings. The zero-order valence-corrected chi connectivity index (χ0v) is 13.3. The topological polar surface area (TPSA) is 70.6 Å². The molecule has 1 unspecified atom stereocenters. The third-order valence-corrected chi connectivity index (χ3v) is 3.37. The predicted octanol–water partition coefficient (Wildman–Crippen LogP) is 1.82. The monoisotopic (exact) mass is 301 g/mol. The van der Waals surface area contributed by atoms with E-state index in [1.807, 2.05) is 51.1 Å². The highest BCUT2D eigenvalue weighted by Crippen LogP contribution is 2.10. The van der Waals surface area contributed by atoms with Crippen LogP contribution in [0.5, 0.6) is 0 Å². The minimum atomic E-state index is -0.449. The normalized spacial score (nSPS) is 17.6.